The molecule has 0 bridgehead atoms. The fourth-order valence-electron chi connectivity index (χ4n) is 2.40. The van der Waals surface area contributed by atoms with Gasteiger partial charge < -0.3 is 25.2 Å². The first kappa shape index (κ1) is 18.6. The number of benzene rings is 2. The first-order valence-corrected chi connectivity index (χ1v) is 8.09. The van der Waals surface area contributed by atoms with Gasteiger partial charge in [-0.15, -0.1) is 0 Å². The van der Waals surface area contributed by atoms with Crippen LogP contribution in [0.5, 0.6) is 11.5 Å². The number of aliphatic hydroxyl groups is 1. The molecule has 134 valence electrons. The average molecular weight is 344 g/mol. The molecule has 2 aromatic carbocycles. The zero-order valence-electron chi connectivity index (χ0n) is 14.5. The third kappa shape index (κ3) is 5.69. The quantitative estimate of drug-likeness (QED) is 0.688. The van der Waals surface area contributed by atoms with Crippen LogP contribution >= 0.6 is 0 Å². The highest BCUT2D eigenvalue weighted by Crippen LogP contribution is 2.27. The molecule has 0 aromatic heterocycles. The van der Waals surface area contributed by atoms with Gasteiger partial charge in [0.15, 0.2) is 11.5 Å². The Morgan fingerprint density at radius 1 is 1.04 bits per heavy atom. The summed E-state index contributed by atoms with van der Waals surface area (Å²) in [5.74, 6) is 1.26. The van der Waals surface area contributed by atoms with Crippen molar-refractivity contribution in [1.82, 2.24) is 10.6 Å². The summed E-state index contributed by atoms with van der Waals surface area (Å²) in [6.45, 7) is 0.751. The predicted molar refractivity (Wildman–Crippen MR) is 95.8 cm³/mol. The Morgan fingerprint density at radius 2 is 1.76 bits per heavy atom. The van der Waals surface area contributed by atoms with E-state index in [9.17, 15) is 9.90 Å². The maximum absolute atomic E-state index is 11.9. The van der Waals surface area contributed by atoms with Crippen LogP contribution in [-0.2, 0) is 6.54 Å². The molecule has 1 atom stereocenters. The number of amides is 2. The molecule has 1 unspecified atom stereocenters. The standard InChI is InChI=1S/C19H24N2O4/c1-24-17-9-8-14(12-18(17)25-2)13-21-19(23)20-11-10-16(22)15-6-4-3-5-7-15/h3-9,12,16,22H,10-11,13H2,1-2H3,(H2,20,21,23). The lowest BCUT2D eigenvalue weighted by atomic mass is 10.1. The summed E-state index contributed by atoms with van der Waals surface area (Å²) < 4.78 is 10.4. The molecular formula is C19H24N2O4. The van der Waals surface area contributed by atoms with Gasteiger partial charge in [-0.05, 0) is 29.7 Å². The van der Waals surface area contributed by atoms with Gasteiger partial charge >= 0.3 is 6.03 Å². The number of nitrogens with one attached hydrogen (secondary N) is 2. The highest BCUT2D eigenvalue weighted by molar-refractivity contribution is 5.73. The lowest BCUT2D eigenvalue weighted by molar-refractivity contribution is 0.167. The molecule has 0 aliphatic carbocycles. The molecule has 2 amide bonds. The molecule has 0 saturated heterocycles. The number of carbonyl (C=O) groups excluding carboxylic acids is 1. The van der Waals surface area contributed by atoms with Gasteiger partial charge in [0.05, 0.1) is 20.3 Å². The monoisotopic (exact) mass is 344 g/mol. The molecular weight excluding hydrogens is 320 g/mol. The minimum absolute atomic E-state index is 0.282. The SMILES string of the molecule is COc1ccc(CNC(=O)NCCC(O)c2ccccc2)cc1OC. The topological polar surface area (TPSA) is 79.8 Å². The van der Waals surface area contributed by atoms with Crippen molar-refractivity contribution >= 4 is 6.03 Å². The van der Waals surface area contributed by atoms with Crippen LogP contribution in [-0.4, -0.2) is 31.9 Å². The van der Waals surface area contributed by atoms with Crippen molar-refractivity contribution in [3.8, 4) is 11.5 Å². The van der Waals surface area contributed by atoms with E-state index in [0.717, 1.165) is 11.1 Å². The molecule has 0 heterocycles. The van der Waals surface area contributed by atoms with Crippen LogP contribution in [0, 0.1) is 0 Å². The summed E-state index contributed by atoms with van der Waals surface area (Å²) in [7, 11) is 3.15. The molecule has 0 saturated carbocycles. The molecule has 25 heavy (non-hydrogen) atoms. The number of urea groups is 1. The predicted octanol–water partition coefficient (Wildman–Crippen LogP) is 2.63. The van der Waals surface area contributed by atoms with Gasteiger partial charge in [-0.25, -0.2) is 4.79 Å². The molecule has 0 radical (unpaired) electrons. The highest BCUT2D eigenvalue weighted by Gasteiger charge is 2.08. The Labute approximate surface area is 147 Å². The van der Waals surface area contributed by atoms with Crippen LogP contribution in [0.25, 0.3) is 0 Å². The molecule has 2 aromatic rings. The van der Waals surface area contributed by atoms with E-state index in [4.69, 9.17) is 9.47 Å². The molecule has 6 heteroatoms. The van der Waals surface area contributed by atoms with Crippen molar-refractivity contribution in [3.05, 3.63) is 59.7 Å². The van der Waals surface area contributed by atoms with Gasteiger partial charge in [0, 0.05) is 13.1 Å². The van der Waals surface area contributed by atoms with E-state index in [1.54, 1.807) is 20.3 Å². The second-order valence-electron chi connectivity index (χ2n) is 5.51. The summed E-state index contributed by atoms with van der Waals surface area (Å²) in [4.78, 5) is 11.9. The zero-order chi connectivity index (χ0) is 18.1. The van der Waals surface area contributed by atoms with Crippen LogP contribution in [0.3, 0.4) is 0 Å². The van der Waals surface area contributed by atoms with E-state index in [-0.39, 0.29) is 6.03 Å². The summed E-state index contributed by atoms with van der Waals surface area (Å²) in [6, 6.07) is 14.6. The Bertz CT molecular complexity index is 676. The molecule has 2 rings (SSSR count). The van der Waals surface area contributed by atoms with E-state index < -0.39 is 6.10 Å². The summed E-state index contributed by atoms with van der Waals surface area (Å²) >= 11 is 0. The van der Waals surface area contributed by atoms with Crippen LogP contribution in [0.1, 0.15) is 23.7 Å². The van der Waals surface area contributed by atoms with E-state index >= 15 is 0 Å². The fourth-order valence-corrected chi connectivity index (χ4v) is 2.40. The third-order valence-electron chi connectivity index (χ3n) is 3.79. The van der Waals surface area contributed by atoms with E-state index in [2.05, 4.69) is 10.6 Å². The van der Waals surface area contributed by atoms with Crippen molar-refractivity contribution in [1.29, 1.82) is 0 Å². The van der Waals surface area contributed by atoms with Crippen molar-refractivity contribution in [3.63, 3.8) is 0 Å². The van der Waals surface area contributed by atoms with Crippen molar-refractivity contribution < 1.29 is 19.4 Å². The first-order valence-electron chi connectivity index (χ1n) is 8.09. The normalized spacial score (nSPS) is 11.5. The number of hydrogen-bond donors (Lipinski definition) is 3. The minimum atomic E-state index is -0.590. The van der Waals surface area contributed by atoms with Crippen molar-refractivity contribution in [2.75, 3.05) is 20.8 Å². The number of methoxy groups -OCH3 is 2. The minimum Gasteiger partial charge on any atom is -0.493 e. The zero-order valence-corrected chi connectivity index (χ0v) is 14.5. The highest BCUT2D eigenvalue weighted by atomic mass is 16.5. The largest absolute Gasteiger partial charge is 0.493 e. The van der Waals surface area contributed by atoms with Gasteiger partial charge in [-0.1, -0.05) is 36.4 Å². The number of aliphatic hydroxyl groups excluding tert-OH is 1. The molecule has 0 spiro atoms. The smallest absolute Gasteiger partial charge is 0.315 e. The summed E-state index contributed by atoms with van der Waals surface area (Å²) in [5, 5.41) is 15.6. The molecule has 3 N–H and O–H groups in total. The third-order valence-corrected chi connectivity index (χ3v) is 3.79. The number of carbonyl (C=O) groups is 1. The van der Waals surface area contributed by atoms with Crippen LogP contribution in [0.2, 0.25) is 0 Å². The van der Waals surface area contributed by atoms with E-state index in [1.165, 1.54) is 0 Å². The molecule has 0 fully saturated rings. The van der Waals surface area contributed by atoms with Gasteiger partial charge in [0.2, 0.25) is 0 Å². The molecule has 6 nitrogen and oxygen atoms in total. The van der Waals surface area contributed by atoms with Gasteiger partial charge in [0.25, 0.3) is 0 Å². The second-order valence-corrected chi connectivity index (χ2v) is 5.51. The van der Waals surface area contributed by atoms with E-state index in [0.29, 0.717) is 31.0 Å². The maximum Gasteiger partial charge on any atom is 0.315 e. The Kier molecular flexibility index (Phi) is 7.10. The average Bonchev–Trinajstić information content (AvgIpc) is 2.66. The van der Waals surface area contributed by atoms with Crippen molar-refractivity contribution in [2.24, 2.45) is 0 Å². The lowest BCUT2D eigenvalue weighted by Gasteiger charge is -2.13. The number of ether oxygens (including phenoxy) is 2. The first-order chi connectivity index (χ1) is 12.1. The molecule has 0 aliphatic heterocycles. The molecule has 0 aliphatic rings. The maximum atomic E-state index is 11.9. The number of rotatable bonds is 8. The lowest BCUT2D eigenvalue weighted by Crippen LogP contribution is -2.36. The van der Waals surface area contributed by atoms with Crippen LogP contribution < -0.4 is 20.1 Å². The van der Waals surface area contributed by atoms with Gasteiger partial charge in [-0.2, -0.15) is 0 Å². The fraction of sp³-hybridized carbons (Fsp3) is 0.316. The Hall–Kier alpha value is -2.73. The van der Waals surface area contributed by atoms with Crippen molar-refractivity contribution in [2.45, 2.75) is 19.1 Å². The van der Waals surface area contributed by atoms with E-state index in [1.807, 2.05) is 42.5 Å². The number of hydrogen-bond acceptors (Lipinski definition) is 4. The van der Waals surface area contributed by atoms with Gasteiger partial charge in [-0.3, -0.25) is 0 Å². The van der Waals surface area contributed by atoms with Crippen LogP contribution in [0.15, 0.2) is 48.5 Å². The van der Waals surface area contributed by atoms with Crippen LogP contribution in [0.4, 0.5) is 4.79 Å². The van der Waals surface area contributed by atoms with Gasteiger partial charge in [0.1, 0.15) is 0 Å². The second kappa shape index (κ2) is 9.54. The Morgan fingerprint density at radius 3 is 2.44 bits per heavy atom. The Balaban J connectivity index is 1.74. The summed E-state index contributed by atoms with van der Waals surface area (Å²) in [5.41, 5.74) is 1.74. The summed E-state index contributed by atoms with van der Waals surface area (Å²) in [6.07, 6.45) is -0.138.